The zero-order valence-corrected chi connectivity index (χ0v) is 16.1. The van der Waals surface area contributed by atoms with E-state index in [0.717, 1.165) is 5.56 Å². The van der Waals surface area contributed by atoms with Gasteiger partial charge in [0.25, 0.3) is 0 Å². The molecule has 1 aromatic heterocycles. The number of benzene rings is 3. The Hall–Kier alpha value is -3.57. The molecule has 0 amide bonds. The Morgan fingerprint density at radius 1 is 0.767 bits per heavy atom. The van der Waals surface area contributed by atoms with Gasteiger partial charge in [-0.3, -0.25) is 0 Å². The summed E-state index contributed by atoms with van der Waals surface area (Å²) >= 11 is 0. The molecule has 3 aromatic carbocycles. The first-order valence-electron chi connectivity index (χ1n) is 8.74. The average Bonchev–Trinajstić information content (AvgIpc) is 3.13. The van der Waals surface area contributed by atoms with Crippen molar-refractivity contribution in [3.63, 3.8) is 0 Å². The summed E-state index contributed by atoms with van der Waals surface area (Å²) < 4.78 is 64.6. The minimum atomic E-state index is -5.67. The molecule has 0 spiro atoms. The second-order valence-electron chi connectivity index (χ2n) is 6.33. The summed E-state index contributed by atoms with van der Waals surface area (Å²) in [6, 6.07) is 21.3. The Kier molecular flexibility index (Phi) is 4.84. The van der Waals surface area contributed by atoms with Crippen LogP contribution in [0.25, 0.3) is 22.4 Å². The highest BCUT2D eigenvalue weighted by Gasteiger charge is 2.49. The number of alkyl halides is 3. The van der Waals surface area contributed by atoms with E-state index in [9.17, 15) is 21.6 Å². The van der Waals surface area contributed by atoms with Crippen LogP contribution in [0.15, 0.2) is 78.9 Å². The number of para-hydroxylation sites is 2. The van der Waals surface area contributed by atoms with Crippen molar-refractivity contribution in [1.82, 2.24) is 8.96 Å². The number of rotatable bonds is 2. The molecule has 4 nitrogen and oxygen atoms in total. The van der Waals surface area contributed by atoms with E-state index in [-0.39, 0.29) is 26.4 Å². The number of hydrogen-bond acceptors (Lipinski definition) is 3. The molecule has 0 saturated carbocycles. The van der Waals surface area contributed by atoms with Crippen molar-refractivity contribution in [2.45, 2.75) is 5.51 Å². The Balaban J connectivity index is 1.81. The Morgan fingerprint density at radius 2 is 1.33 bits per heavy atom. The Labute approximate surface area is 170 Å². The van der Waals surface area contributed by atoms with Crippen LogP contribution in [0, 0.1) is 11.8 Å². The van der Waals surface area contributed by atoms with Crippen LogP contribution >= 0.6 is 0 Å². The molecule has 4 rings (SSSR count). The highest BCUT2D eigenvalue weighted by atomic mass is 32.2. The zero-order chi connectivity index (χ0) is 21.4. The minimum absolute atomic E-state index is 0.141. The first-order valence-corrected chi connectivity index (χ1v) is 10.2. The zero-order valence-electron chi connectivity index (χ0n) is 15.3. The van der Waals surface area contributed by atoms with Gasteiger partial charge in [0.2, 0.25) is 0 Å². The average molecular weight is 426 g/mol. The molecule has 0 atom stereocenters. The van der Waals surface area contributed by atoms with E-state index < -0.39 is 15.5 Å². The van der Waals surface area contributed by atoms with E-state index in [0.29, 0.717) is 5.56 Å². The normalized spacial score (nSPS) is 11.8. The molecule has 0 radical (unpaired) electrons. The summed E-state index contributed by atoms with van der Waals surface area (Å²) in [5.41, 5.74) is -3.79. The largest absolute Gasteiger partial charge is 0.517 e. The summed E-state index contributed by atoms with van der Waals surface area (Å²) in [7, 11) is -5.67. The smallest absolute Gasteiger partial charge is 0.227 e. The van der Waals surface area contributed by atoms with Gasteiger partial charge in [-0.05, 0) is 48.5 Å². The number of fused-ring (bicyclic) bond motifs is 1. The van der Waals surface area contributed by atoms with Gasteiger partial charge in [0.05, 0.1) is 11.0 Å². The van der Waals surface area contributed by atoms with Gasteiger partial charge in [-0.25, -0.2) is 8.96 Å². The fourth-order valence-corrected chi connectivity index (χ4v) is 3.90. The third-order valence-corrected chi connectivity index (χ3v) is 5.76. The van der Waals surface area contributed by atoms with Crippen LogP contribution in [0.5, 0.6) is 0 Å². The van der Waals surface area contributed by atoms with E-state index in [1.165, 1.54) is 30.3 Å². The lowest BCUT2D eigenvalue weighted by molar-refractivity contribution is -0.0444. The molecule has 30 heavy (non-hydrogen) atoms. The summed E-state index contributed by atoms with van der Waals surface area (Å²) in [6.45, 7) is 0. The number of halogens is 3. The summed E-state index contributed by atoms with van der Waals surface area (Å²) in [4.78, 5) is 4.13. The van der Waals surface area contributed by atoms with Crippen molar-refractivity contribution in [2.75, 3.05) is 0 Å². The molecule has 0 fully saturated rings. The van der Waals surface area contributed by atoms with Gasteiger partial charge >= 0.3 is 15.5 Å². The molecule has 1 heterocycles. The van der Waals surface area contributed by atoms with E-state index >= 15 is 0 Å². The van der Waals surface area contributed by atoms with Gasteiger partial charge < -0.3 is 0 Å². The fourth-order valence-electron chi connectivity index (χ4n) is 2.90. The van der Waals surface area contributed by atoms with Crippen LogP contribution in [0.4, 0.5) is 13.2 Å². The van der Waals surface area contributed by atoms with Crippen molar-refractivity contribution in [1.29, 1.82) is 0 Å². The molecule has 0 unspecified atom stereocenters. The van der Waals surface area contributed by atoms with Gasteiger partial charge in [0.15, 0.2) is 5.82 Å². The van der Waals surface area contributed by atoms with Crippen LogP contribution in [0.2, 0.25) is 0 Å². The number of hydrogen-bond donors (Lipinski definition) is 0. The molecule has 0 N–H and O–H groups in total. The summed E-state index contributed by atoms with van der Waals surface area (Å²) in [5, 5.41) is 0. The van der Waals surface area contributed by atoms with E-state index in [4.69, 9.17) is 0 Å². The second-order valence-corrected chi connectivity index (χ2v) is 8.11. The van der Waals surface area contributed by atoms with Crippen molar-refractivity contribution in [2.24, 2.45) is 0 Å². The van der Waals surface area contributed by atoms with E-state index in [1.807, 2.05) is 30.3 Å². The first kappa shape index (κ1) is 19.7. The Morgan fingerprint density at radius 3 is 1.97 bits per heavy atom. The van der Waals surface area contributed by atoms with Gasteiger partial charge in [0.1, 0.15) is 0 Å². The predicted molar refractivity (Wildman–Crippen MR) is 108 cm³/mol. The lowest BCUT2D eigenvalue weighted by atomic mass is 10.1. The monoisotopic (exact) mass is 426 g/mol. The maximum atomic E-state index is 13.3. The molecular formula is C22H13F3N2O2S. The molecule has 0 bridgehead atoms. The van der Waals surface area contributed by atoms with E-state index in [2.05, 4.69) is 16.8 Å². The highest BCUT2D eigenvalue weighted by molar-refractivity contribution is 7.91. The molecule has 8 heteroatoms. The number of imidazole rings is 1. The van der Waals surface area contributed by atoms with Gasteiger partial charge in [0, 0.05) is 16.7 Å². The fraction of sp³-hybridized carbons (Fsp3) is 0.0455. The predicted octanol–water partition coefficient (Wildman–Crippen LogP) is 4.80. The third-order valence-electron chi connectivity index (χ3n) is 4.32. The van der Waals surface area contributed by atoms with Crippen LogP contribution < -0.4 is 0 Å². The van der Waals surface area contributed by atoms with Gasteiger partial charge in [-0.1, -0.05) is 42.2 Å². The molecule has 0 aliphatic rings. The number of aromatic nitrogens is 2. The first-order chi connectivity index (χ1) is 14.3. The van der Waals surface area contributed by atoms with Crippen molar-refractivity contribution >= 4 is 21.1 Å². The van der Waals surface area contributed by atoms with Crippen LogP contribution in [0.3, 0.4) is 0 Å². The molecule has 4 aromatic rings. The lowest BCUT2D eigenvalue weighted by Gasteiger charge is -2.12. The molecular weight excluding hydrogens is 413 g/mol. The maximum Gasteiger partial charge on any atom is 0.517 e. The summed E-state index contributed by atoms with van der Waals surface area (Å²) in [5.74, 6) is 5.63. The molecule has 150 valence electrons. The van der Waals surface area contributed by atoms with Gasteiger partial charge in [-0.15, -0.1) is 0 Å². The SMILES string of the molecule is O=S(=O)(n1c(-c2ccc(C#Cc3ccccc3)cc2)nc2ccccc21)C(F)(F)F. The van der Waals surface area contributed by atoms with Crippen LogP contribution in [-0.4, -0.2) is 22.9 Å². The van der Waals surface area contributed by atoms with Gasteiger partial charge in [-0.2, -0.15) is 21.6 Å². The van der Waals surface area contributed by atoms with Crippen LogP contribution in [-0.2, 0) is 10.0 Å². The quantitative estimate of drug-likeness (QED) is 0.433. The highest BCUT2D eigenvalue weighted by Crippen LogP contribution is 2.33. The minimum Gasteiger partial charge on any atom is -0.227 e. The van der Waals surface area contributed by atoms with Crippen molar-refractivity contribution in [3.05, 3.63) is 90.0 Å². The van der Waals surface area contributed by atoms with Crippen molar-refractivity contribution in [3.8, 4) is 23.2 Å². The molecule has 0 aliphatic carbocycles. The topological polar surface area (TPSA) is 52.0 Å². The van der Waals surface area contributed by atoms with Crippen LogP contribution in [0.1, 0.15) is 11.1 Å². The second kappa shape index (κ2) is 7.35. The Bertz CT molecular complexity index is 1380. The number of nitrogens with zero attached hydrogens (tertiary/aromatic N) is 2. The lowest BCUT2D eigenvalue weighted by Crippen LogP contribution is -2.30. The maximum absolute atomic E-state index is 13.3. The third kappa shape index (κ3) is 3.55. The molecule has 0 saturated heterocycles. The molecule has 0 aliphatic heterocycles. The van der Waals surface area contributed by atoms with E-state index in [1.54, 1.807) is 18.2 Å². The standard InChI is InChI=1S/C22H13F3N2O2S/c23-22(24,25)30(28,29)27-20-9-5-4-8-19(20)26-21(27)18-14-12-17(13-15-18)11-10-16-6-2-1-3-7-16/h1-9,12-15H. The summed E-state index contributed by atoms with van der Waals surface area (Å²) in [6.07, 6.45) is 0. The van der Waals surface area contributed by atoms with Crippen molar-refractivity contribution < 1.29 is 21.6 Å².